The fourth-order valence-electron chi connectivity index (χ4n) is 1.80. The van der Waals surface area contributed by atoms with Crippen LogP contribution >= 0.6 is 0 Å². The van der Waals surface area contributed by atoms with E-state index in [1.165, 1.54) is 0 Å². The Bertz CT molecular complexity index is 183. The lowest BCUT2D eigenvalue weighted by Crippen LogP contribution is -2.45. The van der Waals surface area contributed by atoms with Gasteiger partial charge in [-0.15, -0.1) is 0 Å². The molecule has 1 aliphatic rings. The highest BCUT2D eigenvalue weighted by atomic mass is 16.5. The molecule has 0 amide bonds. The fraction of sp³-hybridized carbons (Fsp3) is 1.00. The maximum atomic E-state index is 10.1. The first-order valence-corrected chi connectivity index (χ1v) is 6.34. The molecule has 1 fully saturated rings. The summed E-state index contributed by atoms with van der Waals surface area (Å²) < 4.78 is 15.6. The van der Waals surface area contributed by atoms with Gasteiger partial charge in [-0.1, -0.05) is 0 Å². The standard InChI is InChI=1S/C12H25NO4/c1-15-6-2-7-16-10-5-13-11-12(14)3-8-17-9-4-12/h13-14H,2-11H2,1H3. The second kappa shape index (κ2) is 8.83. The van der Waals surface area contributed by atoms with Crippen molar-refractivity contribution in [2.45, 2.75) is 24.9 Å². The van der Waals surface area contributed by atoms with E-state index in [0.29, 0.717) is 39.2 Å². The van der Waals surface area contributed by atoms with Gasteiger partial charge < -0.3 is 24.6 Å². The van der Waals surface area contributed by atoms with E-state index in [0.717, 1.165) is 26.2 Å². The number of methoxy groups -OCH3 is 1. The van der Waals surface area contributed by atoms with Crippen LogP contribution in [-0.2, 0) is 14.2 Å². The lowest BCUT2D eigenvalue weighted by atomic mass is 9.94. The lowest BCUT2D eigenvalue weighted by Gasteiger charge is -2.32. The molecule has 1 aliphatic heterocycles. The van der Waals surface area contributed by atoms with E-state index in [1.54, 1.807) is 7.11 Å². The zero-order valence-electron chi connectivity index (χ0n) is 10.7. The first kappa shape index (κ1) is 14.9. The summed E-state index contributed by atoms with van der Waals surface area (Å²) >= 11 is 0. The molecule has 0 unspecified atom stereocenters. The second-order valence-electron chi connectivity index (χ2n) is 4.47. The van der Waals surface area contributed by atoms with Gasteiger partial charge in [-0.05, 0) is 6.42 Å². The third-order valence-electron chi connectivity index (χ3n) is 2.94. The maximum Gasteiger partial charge on any atom is 0.0815 e. The Balaban J connectivity index is 1.89. The third kappa shape index (κ3) is 6.95. The summed E-state index contributed by atoms with van der Waals surface area (Å²) in [6, 6.07) is 0. The van der Waals surface area contributed by atoms with Gasteiger partial charge in [0, 0.05) is 59.5 Å². The Morgan fingerprint density at radius 1 is 1.24 bits per heavy atom. The van der Waals surface area contributed by atoms with E-state index >= 15 is 0 Å². The van der Waals surface area contributed by atoms with Gasteiger partial charge in [-0.3, -0.25) is 0 Å². The van der Waals surface area contributed by atoms with Gasteiger partial charge in [-0.25, -0.2) is 0 Å². The Hall–Kier alpha value is -0.200. The molecule has 0 aromatic carbocycles. The van der Waals surface area contributed by atoms with E-state index in [9.17, 15) is 5.11 Å². The molecule has 1 rings (SSSR count). The van der Waals surface area contributed by atoms with Crippen LogP contribution in [0.2, 0.25) is 0 Å². The van der Waals surface area contributed by atoms with Crippen molar-refractivity contribution in [3.05, 3.63) is 0 Å². The number of ether oxygens (including phenoxy) is 3. The van der Waals surface area contributed by atoms with Gasteiger partial charge in [0.15, 0.2) is 0 Å². The monoisotopic (exact) mass is 247 g/mol. The first-order chi connectivity index (χ1) is 8.27. The van der Waals surface area contributed by atoms with E-state index in [1.807, 2.05) is 0 Å². The Morgan fingerprint density at radius 3 is 2.71 bits per heavy atom. The second-order valence-corrected chi connectivity index (χ2v) is 4.47. The topological polar surface area (TPSA) is 60.0 Å². The minimum Gasteiger partial charge on any atom is -0.388 e. The van der Waals surface area contributed by atoms with Crippen molar-refractivity contribution in [2.24, 2.45) is 0 Å². The highest BCUT2D eigenvalue weighted by Crippen LogP contribution is 2.18. The van der Waals surface area contributed by atoms with Crippen LogP contribution in [0.15, 0.2) is 0 Å². The van der Waals surface area contributed by atoms with Crippen molar-refractivity contribution < 1.29 is 19.3 Å². The summed E-state index contributed by atoms with van der Waals surface area (Å²) in [7, 11) is 1.69. The van der Waals surface area contributed by atoms with Gasteiger partial charge in [0.25, 0.3) is 0 Å². The summed E-state index contributed by atoms with van der Waals surface area (Å²) in [5.41, 5.74) is -0.589. The SMILES string of the molecule is COCCCOCCNCC1(O)CCOCC1. The molecule has 0 aromatic rings. The van der Waals surface area contributed by atoms with E-state index in [2.05, 4.69) is 5.32 Å². The van der Waals surface area contributed by atoms with Gasteiger partial charge >= 0.3 is 0 Å². The van der Waals surface area contributed by atoms with E-state index in [-0.39, 0.29) is 0 Å². The summed E-state index contributed by atoms with van der Waals surface area (Å²) in [6.45, 7) is 4.86. The van der Waals surface area contributed by atoms with Crippen LogP contribution in [0.1, 0.15) is 19.3 Å². The molecular formula is C12H25NO4. The maximum absolute atomic E-state index is 10.1. The Kier molecular flexibility index (Phi) is 7.72. The average molecular weight is 247 g/mol. The first-order valence-electron chi connectivity index (χ1n) is 6.34. The molecule has 1 saturated heterocycles. The fourth-order valence-corrected chi connectivity index (χ4v) is 1.80. The molecule has 102 valence electrons. The van der Waals surface area contributed by atoms with Crippen LogP contribution in [0, 0.1) is 0 Å². The molecule has 0 saturated carbocycles. The Morgan fingerprint density at radius 2 is 2.00 bits per heavy atom. The van der Waals surface area contributed by atoms with Gasteiger partial charge in [0.2, 0.25) is 0 Å². The van der Waals surface area contributed by atoms with Crippen molar-refractivity contribution in [1.82, 2.24) is 5.32 Å². The normalized spacial score (nSPS) is 19.4. The molecule has 0 aliphatic carbocycles. The minimum absolute atomic E-state index is 0.589. The zero-order chi connectivity index (χ0) is 12.4. The number of hydrogen-bond acceptors (Lipinski definition) is 5. The quantitative estimate of drug-likeness (QED) is 0.569. The summed E-state index contributed by atoms with van der Waals surface area (Å²) in [6.07, 6.45) is 2.36. The van der Waals surface area contributed by atoms with Gasteiger partial charge in [-0.2, -0.15) is 0 Å². The number of rotatable bonds is 9. The highest BCUT2D eigenvalue weighted by Gasteiger charge is 2.28. The predicted molar refractivity (Wildman–Crippen MR) is 65.2 cm³/mol. The molecule has 17 heavy (non-hydrogen) atoms. The largest absolute Gasteiger partial charge is 0.388 e. The van der Waals surface area contributed by atoms with E-state index in [4.69, 9.17) is 14.2 Å². The predicted octanol–water partition coefficient (Wildman–Crippen LogP) is 0.171. The minimum atomic E-state index is -0.589. The molecule has 0 radical (unpaired) electrons. The molecule has 2 N–H and O–H groups in total. The number of aliphatic hydroxyl groups is 1. The average Bonchev–Trinajstić information content (AvgIpc) is 2.33. The lowest BCUT2D eigenvalue weighted by molar-refractivity contribution is -0.0620. The number of hydrogen-bond donors (Lipinski definition) is 2. The zero-order valence-corrected chi connectivity index (χ0v) is 10.7. The molecule has 0 spiro atoms. The molecule has 1 heterocycles. The molecule has 0 bridgehead atoms. The van der Waals surface area contributed by atoms with Crippen LogP contribution in [0.3, 0.4) is 0 Å². The van der Waals surface area contributed by atoms with Crippen LogP contribution in [0.25, 0.3) is 0 Å². The molecular weight excluding hydrogens is 222 g/mol. The van der Waals surface area contributed by atoms with Crippen molar-refractivity contribution >= 4 is 0 Å². The van der Waals surface area contributed by atoms with E-state index < -0.39 is 5.60 Å². The van der Waals surface area contributed by atoms with Gasteiger partial charge in [0.05, 0.1) is 12.2 Å². The summed E-state index contributed by atoms with van der Waals surface area (Å²) in [5, 5.41) is 13.4. The highest BCUT2D eigenvalue weighted by molar-refractivity contribution is 4.83. The van der Waals surface area contributed by atoms with Crippen molar-refractivity contribution in [1.29, 1.82) is 0 Å². The smallest absolute Gasteiger partial charge is 0.0815 e. The molecule has 5 nitrogen and oxygen atoms in total. The van der Waals surface area contributed by atoms with Crippen molar-refractivity contribution in [3.8, 4) is 0 Å². The van der Waals surface area contributed by atoms with Crippen molar-refractivity contribution in [3.63, 3.8) is 0 Å². The molecule has 5 heteroatoms. The number of nitrogens with one attached hydrogen (secondary N) is 1. The van der Waals surface area contributed by atoms with Crippen LogP contribution in [0.5, 0.6) is 0 Å². The van der Waals surface area contributed by atoms with Gasteiger partial charge in [0.1, 0.15) is 0 Å². The summed E-state index contributed by atoms with van der Waals surface area (Å²) in [5.74, 6) is 0. The van der Waals surface area contributed by atoms with Crippen LogP contribution in [-0.4, -0.2) is 63.9 Å². The third-order valence-corrected chi connectivity index (χ3v) is 2.94. The Labute approximate surface area is 103 Å². The molecule has 0 aromatic heterocycles. The van der Waals surface area contributed by atoms with Crippen LogP contribution in [0.4, 0.5) is 0 Å². The van der Waals surface area contributed by atoms with Crippen molar-refractivity contribution in [2.75, 3.05) is 53.2 Å². The van der Waals surface area contributed by atoms with Crippen LogP contribution < -0.4 is 5.32 Å². The molecule has 0 atom stereocenters. The summed E-state index contributed by atoms with van der Waals surface area (Å²) in [4.78, 5) is 0.